The van der Waals surface area contributed by atoms with Gasteiger partial charge < -0.3 is 4.74 Å². The number of methoxy groups -OCH3 is 1. The molecule has 23 heavy (non-hydrogen) atoms. The van der Waals surface area contributed by atoms with Gasteiger partial charge in [-0.2, -0.15) is 0 Å². The SMILES string of the molecule is C=S(C)(=O)CCCCC1(C)C(=O)C(Br)Cc2ccc(OC)cc21. The molecule has 3 atom stereocenters. The molecular formula is C18H25BrO3S. The Balaban J connectivity index is 2.26. The van der Waals surface area contributed by atoms with E-state index in [1.807, 2.05) is 19.1 Å². The lowest BCUT2D eigenvalue weighted by Gasteiger charge is -2.37. The van der Waals surface area contributed by atoms with Crippen molar-refractivity contribution < 1.29 is 13.7 Å². The normalized spacial score (nSPS) is 26.4. The number of rotatable bonds is 6. The summed E-state index contributed by atoms with van der Waals surface area (Å²) in [5.41, 5.74) is 1.75. The maximum absolute atomic E-state index is 12.8. The van der Waals surface area contributed by atoms with Crippen molar-refractivity contribution in [3.63, 3.8) is 0 Å². The van der Waals surface area contributed by atoms with Crippen LogP contribution in [0.15, 0.2) is 18.2 Å². The Labute approximate surface area is 147 Å². The predicted molar refractivity (Wildman–Crippen MR) is 102 cm³/mol. The van der Waals surface area contributed by atoms with Gasteiger partial charge in [-0.3, -0.25) is 9.00 Å². The highest BCUT2D eigenvalue weighted by Gasteiger charge is 2.43. The lowest BCUT2D eigenvalue weighted by atomic mass is 9.67. The van der Waals surface area contributed by atoms with Gasteiger partial charge in [-0.25, -0.2) is 0 Å². The van der Waals surface area contributed by atoms with Gasteiger partial charge >= 0.3 is 0 Å². The van der Waals surface area contributed by atoms with Crippen molar-refractivity contribution in [3.8, 4) is 5.75 Å². The van der Waals surface area contributed by atoms with E-state index in [1.165, 1.54) is 5.56 Å². The Morgan fingerprint density at radius 1 is 1.43 bits per heavy atom. The summed E-state index contributed by atoms with van der Waals surface area (Å²) in [6.07, 6.45) is 4.85. The molecule has 2 rings (SSSR count). The van der Waals surface area contributed by atoms with Gasteiger partial charge in [-0.05, 0) is 64.8 Å². The van der Waals surface area contributed by atoms with Crippen LogP contribution in [0.25, 0.3) is 0 Å². The zero-order valence-corrected chi connectivity index (χ0v) is 16.5. The van der Waals surface area contributed by atoms with Crippen LogP contribution in [0.1, 0.15) is 37.3 Å². The second kappa shape index (κ2) is 6.98. The second-order valence-electron chi connectivity index (χ2n) is 6.74. The van der Waals surface area contributed by atoms with Gasteiger partial charge in [0.25, 0.3) is 0 Å². The van der Waals surface area contributed by atoms with Crippen molar-refractivity contribution in [1.82, 2.24) is 0 Å². The van der Waals surface area contributed by atoms with Crippen molar-refractivity contribution in [3.05, 3.63) is 29.3 Å². The number of benzene rings is 1. The highest BCUT2D eigenvalue weighted by Crippen LogP contribution is 2.42. The minimum Gasteiger partial charge on any atom is -0.497 e. The molecule has 3 nitrogen and oxygen atoms in total. The molecule has 1 aromatic rings. The molecule has 0 aromatic heterocycles. The fourth-order valence-electron chi connectivity index (χ4n) is 3.28. The summed E-state index contributed by atoms with van der Waals surface area (Å²) in [7, 11) is -0.315. The monoisotopic (exact) mass is 400 g/mol. The van der Waals surface area contributed by atoms with Gasteiger partial charge in [0.1, 0.15) is 5.75 Å². The van der Waals surface area contributed by atoms with Gasteiger partial charge in [-0.1, -0.05) is 28.4 Å². The fourth-order valence-corrected chi connectivity index (χ4v) is 4.95. The van der Waals surface area contributed by atoms with Crippen LogP contribution < -0.4 is 4.74 Å². The zero-order chi connectivity index (χ0) is 17.3. The van der Waals surface area contributed by atoms with E-state index < -0.39 is 14.9 Å². The number of hydrogen-bond acceptors (Lipinski definition) is 3. The number of unbranched alkanes of at least 4 members (excludes halogenated alkanes) is 1. The maximum atomic E-state index is 12.8. The van der Waals surface area contributed by atoms with E-state index in [0.717, 1.165) is 37.0 Å². The van der Waals surface area contributed by atoms with Crippen molar-refractivity contribution in [2.45, 2.75) is 42.8 Å². The van der Waals surface area contributed by atoms with E-state index in [2.05, 4.69) is 27.9 Å². The first-order valence-electron chi connectivity index (χ1n) is 7.83. The predicted octanol–water partition coefficient (Wildman–Crippen LogP) is 3.36. The standard InChI is InChI=1S/C18H25BrO3S/c1-18(9-5-6-10-23(3,4)21)15-12-14(22-2)8-7-13(15)11-16(19)17(18)20/h7-8,12,16H,3,5-6,9-11H2,1-2,4H3. The molecule has 128 valence electrons. The van der Waals surface area contributed by atoms with Crippen LogP contribution in [0, 0.1) is 0 Å². The fraction of sp³-hybridized carbons (Fsp3) is 0.556. The maximum Gasteiger partial charge on any atom is 0.157 e. The third kappa shape index (κ3) is 4.18. The number of hydrogen-bond donors (Lipinski definition) is 0. The van der Waals surface area contributed by atoms with E-state index in [4.69, 9.17) is 4.74 Å². The lowest BCUT2D eigenvalue weighted by molar-refractivity contribution is -0.124. The molecule has 3 unspecified atom stereocenters. The van der Waals surface area contributed by atoms with Gasteiger partial charge in [0, 0.05) is 12.0 Å². The van der Waals surface area contributed by atoms with Crippen LogP contribution in [0.3, 0.4) is 0 Å². The first kappa shape index (κ1) is 18.5. The molecule has 0 amide bonds. The van der Waals surface area contributed by atoms with Gasteiger partial charge in [0.05, 0.1) is 17.4 Å². The molecule has 0 N–H and O–H groups in total. The number of fused-ring (bicyclic) bond motifs is 1. The van der Waals surface area contributed by atoms with E-state index in [9.17, 15) is 9.00 Å². The summed E-state index contributed by atoms with van der Waals surface area (Å²) < 4.78 is 17.1. The molecule has 1 aromatic carbocycles. The van der Waals surface area contributed by atoms with Crippen LogP contribution >= 0.6 is 15.9 Å². The van der Waals surface area contributed by atoms with Crippen LogP contribution in [-0.2, 0) is 26.2 Å². The number of halogens is 1. The molecule has 5 heteroatoms. The van der Waals surface area contributed by atoms with Crippen LogP contribution in [0.4, 0.5) is 0 Å². The van der Waals surface area contributed by atoms with Gasteiger partial charge in [0.2, 0.25) is 0 Å². The van der Waals surface area contributed by atoms with Crippen molar-refractivity contribution in [2.75, 3.05) is 19.1 Å². The Morgan fingerprint density at radius 3 is 2.74 bits per heavy atom. The number of ether oxygens (including phenoxy) is 1. The van der Waals surface area contributed by atoms with E-state index in [1.54, 1.807) is 13.4 Å². The van der Waals surface area contributed by atoms with Crippen molar-refractivity contribution in [2.24, 2.45) is 0 Å². The van der Waals surface area contributed by atoms with Crippen molar-refractivity contribution >= 4 is 37.1 Å². The number of ketones is 1. The molecule has 0 fully saturated rings. The molecule has 0 aliphatic heterocycles. The van der Waals surface area contributed by atoms with Crippen molar-refractivity contribution in [1.29, 1.82) is 0 Å². The third-order valence-electron chi connectivity index (χ3n) is 4.64. The minimum absolute atomic E-state index is 0.142. The zero-order valence-electron chi connectivity index (χ0n) is 14.1. The summed E-state index contributed by atoms with van der Waals surface area (Å²) in [6.45, 7) is 2.02. The van der Waals surface area contributed by atoms with Crippen LogP contribution in [-0.4, -0.2) is 39.8 Å². The molecule has 1 aliphatic rings. The van der Waals surface area contributed by atoms with E-state index in [-0.39, 0.29) is 10.6 Å². The van der Waals surface area contributed by atoms with Crippen LogP contribution in [0.2, 0.25) is 0 Å². The first-order valence-corrected chi connectivity index (χ1v) is 11.0. The summed E-state index contributed by atoms with van der Waals surface area (Å²) in [4.78, 5) is 12.7. The second-order valence-corrected chi connectivity index (χ2v) is 10.6. The first-order chi connectivity index (χ1) is 10.7. The van der Waals surface area contributed by atoms with Crippen LogP contribution in [0.5, 0.6) is 5.75 Å². The number of carbonyl (C=O) groups excluding carboxylic acids is 1. The summed E-state index contributed by atoms with van der Waals surface area (Å²) in [5, 5.41) is 0. The highest BCUT2D eigenvalue weighted by molar-refractivity contribution is 9.10. The third-order valence-corrected chi connectivity index (χ3v) is 6.53. The number of alkyl halides is 1. The molecule has 0 saturated carbocycles. The van der Waals surface area contributed by atoms with Gasteiger partial charge in [-0.15, -0.1) is 0 Å². The molecule has 0 spiro atoms. The van der Waals surface area contributed by atoms with Gasteiger partial charge in [0.15, 0.2) is 5.78 Å². The molecular weight excluding hydrogens is 376 g/mol. The molecule has 0 saturated heterocycles. The molecule has 0 bridgehead atoms. The quantitative estimate of drug-likeness (QED) is 0.417. The Morgan fingerprint density at radius 2 is 2.13 bits per heavy atom. The summed E-state index contributed by atoms with van der Waals surface area (Å²) >= 11 is 3.54. The largest absolute Gasteiger partial charge is 0.497 e. The smallest absolute Gasteiger partial charge is 0.157 e. The minimum atomic E-state index is -1.96. The average Bonchev–Trinajstić information content (AvgIpc) is 2.49. The lowest BCUT2D eigenvalue weighted by Crippen LogP contribution is -2.43. The summed E-state index contributed by atoms with van der Waals surface area (Å²) in [5.74, 6) is 5.32. The number of Topliss-reactive ketones (excluding diaryl/α,β-unsaturated/α-hetero) is 1. The summed E-state index contributed by atoms with van der Waals surface area (Å²) in [6, 6.07) is 6.00. The Bertz CT molecular complexity index is 696. The molecule has 0 heterocycles. The molecule has 1 aliphatic carbocycles. The topological polar surface area (TPSA) is 43.4 Å². The highest BCUT2D eigenvalue weighted by atomic mass is 79.9. The number of carbonyl (C=O) groups is 1. The van der Waals surface area contributed by atoms with E-state index in [0.29, 0.717) is 5.75 Å². The van der Waals surface area contributed by atoms with E-state index >= 15 is 0 Å². The Hall–Kier alpha value is -0.810. The average molecular weight is 401 g/mol. The Kier molecular flexibility index (Phi) is 5.62. The molecule has 0 radical (unpaired) electrons.